The lowest BCUT2D eigenvalue weighted by molar-refractivity contribution is 0.238. The summed E-state index contributed by atoms with van der Waals surface area (Å²) in [5, 5.41) is 10.1. The predicted octanol–water partition coefficient (Wildman–Crippen LogP) is 3.95. The van der Waals surface area contributed by atoms with Gasteiger partial charge in [0.2, 0.25) is 0 Å². The van der Waals surface area contributed by atoms with Gasteiger partial charge in [-0.3, -0.25) is 0 Å². The van der Waals surface area contributed by atoms with Crippen LogP contribution in [0.25, 0.3) is 0 Å². The molecule has 1 atom stereocenters. The maximum atomic E-state index is 10.1. The second kappa shape index (κ2) is 8.14. The third kappa shape index (κ3) is 4.98. The molecule has 0 aromatic heterocycles. The van der Waals surface area contributed by atoms with Gasteiger partial charge in [-0.05, 0) is 36.2 Å². The molecule has 2 rings (SSSR count). The Bertz CT molecular complexity index is 591. The van der Waals surface area contributed by atoms with E-state index in [9.17, 15) is 5.11 Å². The van der Waals surface area contributed by atoms with E-state index in [1.165, 1.54) is 0 Å². The van der Waals surface area contributed by atoms with E-state index in [0.29, 0.717) is 0 Å². The molecule has 0 radical (unpaired) electrons. The van der Waals surface area contributed by atoms with Crippen molar-refractivity contribution < 1.29 is 9.84 Å². The minimum atomic E-state index is -0.783. The fourth-order valence-electron chi connectivity index (χ4n) is 1.84. The molecule has 2 nitrogen and oxygen atoms in total. The van der Waals surface area contributed by atoms with Crippen LogP contribution < -0.4 is 4.74 Å². The summed E-state index contributed by atoms with van der Waals surface area (Å²) >= 11 is 0. The molecule has 0 heterocycles. The lowest BCUT2D eigenvalue weighted by Crippen LogP contribution is -1.98. The molecule has 21 heavy (non-hydrogen) atoms. The van der Waals surface area contributed by atoms with Crippen molar-refractivity contribution >= 4 is 0 Å². The van der Waals surface area contributed by atoms with E-state index in [1.807, 2.05) is 54.6 Å². The zero-order valence-corrected chi connectivity index (χ0v) is 12.3. The van der Waals surface area contributed by atoms with Gasteiger partial charge < -0.3 is 9.84 Å². The average molecular weight is 280 g/mol. The topological polar surface area (TPSA) is 29.5 Å². The first kappa shape index (κ1) is 15.2. The molecule has 2 aromatic rings. The minimum Gasteiger partial charge on any atom is -0.494 e. The van der Waals surface area contributed by atoms with E-state index in [0.717, 1.165) is 36.3 Å². The lowest BCUT2D eigenvalue weighted by atomic mass is 10.1. The molecule has 0 amide bonds. The van der Waals surface area contributed by atoms with Gasteiger partial charge in [0.15, 0.2) is 0 Å². The number of ether oxygens (including phenoxy) is 1. The number of aliphatic hydroxyl groups is 1. The van der Waals surface area contributed by atoms with Gasteiger partial charge in [0, 0.05) is 5.56 Å². The quantitative estimate of drug-likeness (QED) is 0.664. The van der Waals surface area contributed by atoms with Crippen molar-refractivity contribution in [3.05, 3.63) is 65.7 Å². The van der Waals surface area contributed by atoms with Gasteiger partial charge in [-0.2, -0.15) is 0 Å². The fourth-order valence-corrected chi connectivity index (χ4v) is 1.84. The Hall–Kier alpha value is -2.24. The number of benzene rings is 2. The smallest absolute Gasteiger partial charge is 0.140 e. The number of unbranched alkanes of at least 4 members (excludes halogenated alkanes) is 1. The lowest BCUT2D eigenvalue weighted by Gasteiger charge is -2.07. The van der Waals surface area contributed by atoms with Crippen LogP contribution in [0.2, 0.25) is 0 Å². The SMILES string of the molecule is CCCCOc1ccc([C@H](O)C#Cc2ccccc2)cc1. The molecule has 108 valence electrons. The number of hydrogen-bond donors (Lipinski definition) is 1. The molecule has 0 spiro atoms. The van der Waals surface area contributed by atoms with Crippen molar-refractivity contribution in [1.29, 1.82) is 0 Å². The van der Waals surface area contributed by atoms with E-state index in [-0.39, 0.29) is 0 Å². The van der Waals surface area contributed by atoms with Crippen molar-refractivity contribution in [1.82, 2.24) is 0 Å². The van der Waals surface area contributed by atoms with E-state index < -0.39 is 6.10 Å². The van der Waals surface area contributed by atoms with Gasteiger partial charge in [-0.1, -0.05) is 55.5 Å². The Morgan fingerprint density at radius 1 is 1.05 bits per heavy atom. The molecule has 0 unspecified atom stereocenters. The zero-order valence-electron chi connectivity index (χ0n) is 12.3. The van der Waals surface area contributed by atoms with Crippen LogP contribution in [-0.4, -0.2) is 11.7 Å². The van der Waals surface area contributed by atoms with Gasteiger partial charge in [0.05, 0.1) is 6.61 Å². The Kier molecular flexibility index (Phi) is 5.87. The maximum absolute atomic E-state index is 10.1. The monoisotopic (exact) mass is 280 g/mol. The first-order chi connectivity index (χ1) is 10.3. The molecule has 0 saturated carbocycles. The van der Waals surface area contributed by atoms with E-state index in [4.69, 9.17) is 4.74 Å². The Balaban J connectivity index is 1.97. The number of hydrogen-bond acceptors (Lipinski definition) is 2. The second-order valence-corrected chi connectivity index (χ2v) is 4.81. The highest BCUT2D eigenvalue weighted by molar-refractivity contribution is 5.37. The largest absolute Gasteiger partial charge is 0.494 e. The summed E-state index contributed by atoms with van der Waals surface area (Å²) in [5.74, 6) is 6.65. The standard InChI is InChI=1S/C19H20O2/c1-2-3-15-21-18-12-10-17(11-13-18)19(20)14-9-16-7-5-4-6-8-16/h4-8,10-13,19-20H,2-3,15H2,1H3/t19-/m1/s1. The van der Waals surface area contributed by atoms with Crippen LogP contribution in [0.3, 0.4) is 0 Å². The van der Waals surface area contributed by atoms with Gasteiger partial charge in [-0.25, -0.2) is 0 Å². The molecular weight excluding hydrogens is 260 g/mol. The summed E-state index contributed by atoms with van der Waals surface area (Å²) in [6, 6.07) is 17.1. The van der Waals surface area contributed by atoms with Crippen molar-refractivity contribution in [2.75, 3.05) is 6.61 Å². The normalized spacial score (nSPS) is 11.3. The predicted molar refractivity (Wildman–Crippen MR) is 85.1 cm³/mol. The summed E-state index contributed by atoms with van der Waals surface area (Å²) in [5.41, 5.74) is 1.68. The Labute approximate surface area is 126 Å². The van der Waals surface area contributed by atoms with Crippen LogP contribution in [0, 0.1) is 11.8 Å². The maximum Gasteiger partial charge on any atom is 0.140 e. The van der Waals surface area contributed by atoms with Gasteiger partial charge in [0.25, 0.3) is 0 Å². The van der Waals surface area contributed by atoms with Crippen LogP contribution in [0.4, 0.5) is 0 Å². The first-order valence-electron chi connectivity index (χ1n) is 7.27. The third-order valence-electron chi connectivity index (χ3n) is 3.09. The molecule has 0 saturated heterocycles. The zero-order chi connectivity index (χ0) is 14.9. The van der Waals surface area contributed by atoms with Gasteiger partial charge in [-0.15, -0.1) is 0 Å². The molecular formula is C19H20O2. The highest BCUT2D eigenvalue weighted by Gasteiger charge is 2.03. The van der Waals surface area contributed by atoms with E-state index in [1.54, 1.807) is 0 Å². The minimum absolute atomic E-state index is 0.728. The van der Waals surface area contributed by atoms with E-state index in [2.05, 4.69) is 18.8 Å². The van der Waals surface area contributed by atoms with Crippen LogP contribution in [0.5, 0.6) is 5.75 Å². The third-order valence-corrected chi connectivity index (χ3v) is 3.09. The Morgan fingerprint density at radius 2 is 1.76 bits per heavy atom. The van der Waals surface area contributed by atoms with Crippen molar-refractivity contribution in [3.8, 4) is 17.6 Å². The van der Waals surface area contributed by atoms with E-state index >= 15 is 0 Å². The Morgan fingerprint density at radius 3 is 2.43 bits per heavy atom. The highest BCUT2D eigenvalue weighted by atomic mass is 16.5. The molecule has 0 bridgehead atoms. The highest BCUT2D eigenvalue weighted by Crippen LogP contribution is 2.17. The molecule has 0 aliphatic rings. The van der Waals surface area contributed by atoms with Crippen molar-refractivity contribution in [2.45, 2.75) is 25.9 Å². The van der Waals surface area contributed by atoms with Crippen LogP contribution >= 0.6 is 0 Å². The molecule has 2 aromatic carbocycles. The summed E-state index contributed by atoms with van der Waals surface area (Å²) in [4.78, 5) is 0. The molecule has 0 aliphatic carbocycles. The molecule has 0 aliphatic heterocycles. The molecule has 2 heteroatoms. The van der Waals surface area contributed by atoms with Crippen LogP contribution in [0.15, 0.2) is 54.6 Å². The summed E-state index contributed by atoms with van der Waals surface area (Å²) in [6.45, 7) is 2.86. The second-order valence-electron chi connectivity index (χ2n) is 4.81. The number of rotatable bonds is 5. The van der Waals surface area contributed by atoms with Gasteiger partial charge in [0.1, 0.15) is 11.9 Å². The average Bonchev–Trinajstić information content (AvgIpc) is 2.54. The fraction of sp³-hybridized carbons (Fsp3) is 0.263. The van der Waals surface area contributed by atoms with Crippen LogP contribution in [0.1, 0.15) is 37.0 Å². The molecule has 0 fully saturated rings. The summed E-state index contributed by atoms with van der Waals surface area (Å²) in [7, 11) is 0. The number of aliphatic hydroxyl groups excluding tert-OH is 1. The van der Waals surface area contributed by atoms with Gasteiger partial charge >= 0.3 is 0 Å². The summed E-state index contributed by atoms with van der Waals surface area (Å²) in [6.07, 6.45) is 1.38. The first-order valence-corrected chi connectivity index (χ1v) is 7.27. The molecule has 1 N–H and O–H groups in total. The van der Waals surface area contributed by atoms with Crippen molar-refractivity contribution in [3.63, 3.8) is 0 Å². The summed E-state index contributed by atoms with van der Waals surface area (Å²) < 4.78 is 5.59. The van der Waals surface area contributed by atoms with Crippen LogP contribution in [-0.2, 0) is 0 Å². The van der Waals surface area contributed by atoms with Crippen molar-refractivity contribution in [2.24, 2.45) is 0 Å².